The first kappa shape index (κ1) is 17.3. The van der Waals surface area contributed by atoms with E-state index >= 15 is 0 Å². The van der Waals surface area contributed by atoms with Gasteiger partial charge in [0.05, 0.1) is 0 Å². The summed E-state index contributed by atoms with van der Waals surface area (Å²) in [5.74, 6) is 0.0701. The van der Waals surface area contributed by atoms with Crippen LogP contribution >= 0.6 is 0 Å². The minimum Gasteiger partial charge on any atom is -0.370 e. The molecule has 2 aliphatic heterocycles. The van der Waals surface area contributed by atoms with Gasteiger partial charge in [0.15, 0.2) is 5.96 Å². The lowest BCUT2D eigenvalue weighted by Crippen LogP contribution is -2.50. The molecule has 1 fully saturated rings. The highest BCUT2D eigenvalue weighted by molar-refractivity contribution is 6.12. The highest BCUT2D eigenvalue weighted by Crippen LogP contribution is 2.34. The van der Waals surface area contributed by atoms with E-state index in [1.54, 1.807) is 0 Å². The summed E-state index contributed by atoms with van der Waals surface area (Å²) in [6, 6.07) is 15.7. The van der Waals surface area contributed by atoms with Crippen molar-refractivity contribution in [2.45, 2.75) is 0 Å². The van der Waals surface area contributed by atoms with Crippen molar-refractivity contribution in [2.24, 2.45) is 5.73 Å². The number of carbonyl (C=O) groups excluding carboxylic acids is 1. The van der Waals surface area contributed by atoms with Crippen LogP contribution in [0.1, 0.15) is 21.5 Å². The Hall–Kier alpha value is -3.12. The first-order chi connectivity index (χ1) is 13.1. The number of piperazine rings is 1. The molecule has 0 aliphatic carbocycles. The maximum absolute atomic E-state index is 12.6. The second-order valence-corrected chi connectivity index (χ2v) is 6.84. The van der Waals surface area contributed by atoms with Gasteiger partial charge in [-0.15, -0.1) is 0 Å². The van der Waals surface area contributed by atoms with Crippen LogP contribution in [-0.4, -0.2) is 54.4 Å². The molecule has 1 saturated heterocycles. The average molecular weight is 361 g/mol. The Morgan fingerprint density at radius 2 is 1.63 bits per heavy atom. The van der Waals surface area contributed by atoms with Crippen LogP contribution in [0.3, 0.4) is 0 Å². The molecule has 2 aromatic carbocycles. The third-order valence-corrected chi connectivity index (χ3v) is 5.19. The predicted octanol–water partition coefficient (Wildman–Crippen LogP) is 2.20. The number of anilines is 1. The largest absolute Gasteiger partial charge is 0.370 e. The first-order valence-electron chi connectivity index (χ1n) is 9.15. The summed E-state index contributed by atoms with van der Waals surface area (Å²) in [5.41, 5.74) is 10.2. The number of carbonyl (C=O) groups is 1. The number of para-hydroxylation sites is 1. The fraction of sp³-hybridized carbons (Fsp3) is 0.238. The molecule has 6 nitrogen and oxygen atoms in total. The second kappa shape index (κ2) is 7.25. The molecule has 2 heterocycles. The molecule has 0 aromatic heterocycles. The summed E-state index contributed by atoms with van der Waals surface area (Å²) in [4.78, 5) is 16.9. The molecule has 4 rings (SSSR count). The van der Waals surface area contributed by atoms with E-state index in [1.165, 1.54) is 0 Å². The minimum atomic E-state index is -0.0727. The van der Waals surface area contributed by atoms with Crippen LogP contribution in [0.25, 0.3) is 5.57 Å². The molecule has 2 aromatic rings. The van der Waals surface area contributed by atoms with E-state index in [4.69, 9.17) is 11.1 Å². The van der Waals surface area contributed by atoms with Crippen molar-refractivity contribution in [2.75, 3.05) is 38.0 Å². The fourth-order valence-corrected chi connectivity index (χ4v) is 3.69. The van der Waals surface area contributed by atoms with Gasteiger partial charge in [-0.1, -0.05) is 42.5 Å². The van der Waals surface area contributed by atoms with Crippen LogP contribution < -0.4 is 11.1 Å². The van der Waals surface area contributed by atoms with E-state index in [2.05, 4.69) is 22.4 Å². The molecule has 4 N–H and O–H groups in total. The van der Waals surface area contributed by atoms with Gasteiger partial charge in [0, 0.05) is 49.5 Å². The molecule has 6 heteroatoms. The Kier molecular flexibility index (Phi) is 4.64. The Bertz CT molecular complexity index is 912. The number of guanidine groups is 1. The number of nitrogens with one attached hydrogen (secondary N) is 2. The summed E-state index contributed by atoms with van der Waals surface area (Å²) in [6.07, 6.45) is 2.21. The lowest BCUT2D eigenvalue weighted by molar-refractivity contribution is 0.102. The normalized spacial score (nSPS) is 18.4. The lowest BCUT2D eigenvalue weighted by atomic mass is 9.94. The zero-order valence-electron chi connectivity index (χ0n) is 15.1. The number of nitrogens with two attached hydrogens (primary N) is 1. The van der Waals surface area contributed by atoms with E-state index in [1.807, 2.05) is 47.4 Å². The Balaban J connectivity index is 1.65. The number of hydrogen-bond donors (Lipinski definition) is 3. The van der Waals surface area contributed by atoms with E-state index in [9.17, 15) is 4.79 Å². The quantitative estimate of drug-likeness (QED) is 0.565. The number of amides is 1. The maximum Gasteiger partial charge on any atom is 0.256 e. The third-order valence-electron chi connectivity index (χ3n) is 5.19. The van der Waals surface area contributed by atoms with Crippen molar-refractivity contribution in [3.8, 4) is 0 Å². The standard InChI is InChI=1S/C21H23N5O/c22-21(23)26-13-11-25(12-14-26)10-9-16-15-5-1-2-7-18(15)20(27)24-19-8-4-3-6-17(16)19/h1-9H,10-14H2,(H3,22,23)(H,24,27). The van der Waals surface area contributed by atoms with Crippen molar-refractivity contribution in [3.05, 3.63) is 71.3 Å². The van der Waals surface area contributed by atoms with E-state index in [0.29, 0.717) is 5.56 Å². The van der Waals surface area contributed by atoms with Crippen molar-refractivity contribution >= 4 is 23.1 Å². The third kappa shape index (κ3) is 3.44. The molecule has 138 valence electrons. The van der Waals surface area contributed by atoms with E-state index in [0.717, 1.165) is 55.1 Å². The van der Waals surface area contributed by atoms with Crippen LogP contribution in [0.2, 0.25) is 0 Å². The van der Waals surface area contributed by atoms with E-state index < -0.39 is 0 Å². The lowest BCUT2D eigenvalue weighted by Gasteiger charge is -2.34. The molecule has 0 atom stereocenters. The molecule has 1 amide bonds. The predicted molar refractivity (Wildman–Crippen MR) is 108 cm³/mol. The molecule has 0 radical (unpaired) electrons. The summed E-state index contributed by atoms with van der Waals surface area (Å²) >= 11 is 0. The van der Waals surface area contributed by atoms with Crippen LogP contribution in [0.5, 0.6) is 0 Å². The van der Waals surface area contributed by atoms with Crippen LogP contribution in [0, 0.1) is 5.41 Å². The molecule has 0 bridgehead atoms. The summed E-state index contributed by atoms with van der Waals surface area (Å²) < 4.78 is 0. The van der Waals surface area contributed by atoms with Gasteiger partial charge in [0.2, 0.25) is 0 Å². The van der Waals surface area contributed by atoms with Crippen molar-refractivity contribution in [3.63, 3.8) is 0 Å². The van der Waals surface area contributed by atoms with Gasteiger partial charge in [-0.3, -0.25) is 15.1 Å². The van der Waals surface area contributed by atoms with Gasteiger partial charge < -0.3 is 16.0 Å². The van der Waals surface area contributed by atoms with Crippen molar-refractivity contribution in [1.29, 1.82) is 5.41 Å². The van der Waals surface area contributed by atoms with Crippen molar-refractivity contribution in [1.82, 2.24) is 9.80 Å². The van der Waals surface area contributed by atoms with Gasteiger partial charge in [0.1, 0.15) is 0 Å². The highest BCUT2D eigenvalue weighted by atomic mass is 16.1. The fourth-order valence-electron chi connectivity index (χ4n) is 3.69. The molecule has 0 saturated carbocycles. The maximum atomic E-state index is 12.6. The zero-order valence-corrected chi connectivity index (χ0v) is 15.1. The summed E-state index contributed by atoms with van der Waals surface area (Å²) in [7, 11) is 0. The number of rotatable bonds is 2. The van der Waals surface area contributed by atoms with Crippen LogP contribution in [0.4, 0.5) is 5.69 Å². The Labute approximate surface area is 158 Å². The molecule has 0 unspecified atom stereocenters. The number of fused-ring (bicyclic) bond motifs is 2. The SMILES string of the molecule is N=C(N)N1CCN(CC=C2c3ccccc3NC(=O)c3ccccc32)CC1. The monoisotopic (exact) mass is 361 g/mol. The highest BCUT2D eigenvalue weighted by Gasteiger charge is 2.23. The number of benzene rings is 2. The minimum absolute atomic E-state index is 0.0727. The number of hydrogen-bond acceptors (Lipinski definition) is 3. The Morgan fingerprint density at radius 1 is 1.00 bits per heavy atom. The van der Waals surface area contributed by atoms with Gasteiger partial charge >= 0.3 is 0 Å². The smallest absolute Gasteiger partial charge is 0.256 e. The zero-order chi connectivity index (χ0) is 18.8. The van der Waals surface area contributed by atoms with Crippen molar-refractivity contribution < 1.29 is 4.79 Å². The number of nitrogens with zero attached hydrogens (tertiary/aromatic N) is 2. The second-order valence-electron chi connectivity index (χ2n) is 6.84. The summed E-state index contributed by atoms with van der Waals surface area (Å²) in [6.45, 7) is 4.06. The van der Waals surface area contributed by atoms with E-state index in [-0.39, 0.29) is 11.9 Å². The van der Waals surface area contributed by atoms with Crippen LogP contribution in [0.15, 0.2) is 54.6 Å². The topological polar surface area (TPSA) is 85.5 Å². The summed E-state index contributed by atoms with van der Waals surface area (Å²) in [5, 5.41) is 10.6. The average Bonchev–Trinajstić information content (AvgIpc) is 2.81. The molecular weight excluding hydrogens is 338 g/mol. The van der Waals surface area contributed by atoms with Gasteiger partial charge in [-0.05, 0) is 23.3 Å². The van der Waals surface area contributed by atoms with Crippen LogP contribution in [-0.2, 0) is 0 Å². The molecule has 27 heavy (non-hydrogen) atoms. The molecule has 0 spiro atoms. The molecule has 2 aliphatic rings. The van der Waals surface area contributed by atoms with Gasteiger partial charge in [0.25, 0.3) is 5.91 Å². The first-order valence-corrected chi connectivity index (χ1v) is 9.15. The van der Waals surface area contributed by atoms with Gasteiger partial charge in [-0.25, -0.2) is 0 Å². The van der Waals surface area contributed by atoms with Gasteiger partial charge in [-0.2, -0.15) is 0 Å². The Morgan fingerprint density at radius 3 is 2.33 bits per heavy atom. The molecular formula is C21H23N5O.